The highest BCUT2D eigenvalue weighted by Gasteiger charge is 2.20. The zero-order chi connectivity index (χ0) is 24.0. The molecule has 0 aliphatic carbocycles. The summed E-state index contributed by atoms with van der Waals surface area (Å²) in [5.41, 5.74) is 8.68. The first-order valence-corrected chi connectivity index (χ1v) is 11.5. The number of carbonyl (C=O) groups excluding carboxylic acids is 1. The van der Waals surface area contributed by atoms with Crippen molar-refractivity contribution in [3.63, 3.8) is 0 Å². The normalized spacial score (nSPS) is 11.2. The van der Waals surface area contributed by atoms with Crippen LogP contribution < -0.4 is 5.43 Å². The van der Waals surface area contributed by atoms with Crippen LogP contribution in [0.25, 0.3) is 33.3 Å². The number of para-hydroxylation sites is 2. The molecule has 1 amide bonds. The van der Waals surface area contributed by atoms with Gasteiger partial charge in [0.1, 0.15) is 5.75 Å². The van der Waals surface area contributed by atoms with Crippen molar-refractivity contribution >= 4 is 23.0 Å². The fraction of sp³-hybridized carbons (Fsp3) is 0.0667. The van der Waals surface area contributed by atoms with E-state index in [1.807, 2.05) is 48.5 Å². The number of hydrogen-bond acceptors (Lipinski definition) is 3. The topological polar surface area (TPSA) is 66.6 Å². The molecule has 0 atom stereocenters. The van der Waals surface area contributed by atoms with E-state index < -0.39 is 0 Å². The Hall–Kier alpha value is -4.64. The van der Waals surface area contributed by atoms with Crippen molar-refractivity contribution in [3.8, 4) is 28.1 Å². The molecule has 0 aliphatic rings. The van der Waals surface area contributed by atoms with Gasteiger partial charge in [-0.05, 0) is 29.3 Å². The number of amides is 1. The van der Waals surface area contributed by atoms with Crippen molar-refractivity contribution in [2.45, 2.75) is 13.0 Å². The molecule has 1 heterocycles. The van der Waals surface area contributed by atoms with Crippen molar-refractivity contribution in [2.75, 3.05) is 0 Å². The van der Waals surface area contributed by atoms with Crippen molar-refractivity contribution in [1.29, 1.82) is 0 Å². The molecule has 172 valence electrons. The van der Waals surface area contributed by atoms with E-state index in [1.54, 1.807) is 24.3 Å². The number of benzene rings is 4. The van der Waals surface area contributed by atoms with Crippen LogP contribution >= 0.6 is 0 Å². The summed E-state index contributed by atoms with van der Waals surface area (Å²) in [6, 6.07) is 35.8. The van der Waals surface area contributed by atoms with Gasteiger partial charge in [-0.15, -0.1) is 0 Å². The second kappa shape index (κ2) is 10.1. The van der Waals surface area contributed by atoms with Crippen LogP contribution in [-0.2, 0) is 11.3 Å². The summed E-state index contributed by atoms with van der Waals surface area (Å²) in [5, 5.41) is 15.0. The smallest absolute Gasteiger partial charge is 0.241 e. The molecule has 0 spiro atoms. The molecule has 4 aromatic carbocycles. The maximum atomic E-state index is 12.7. The molecule has 5 heteroatoms. The highest BCUT2D eigenvalue weighted by atomic mass is 16.3. The van der Waals surface area contributed by atoms with Gasteiger partial charge in [0.2, 0.25) is 5.91 Å². The van der Waals surface area contributed by atoms with Crippen LogP contribution in [0.2, 0.25) is 0 Å². The van der Waals surface area contributed by atoms with Gasteiger partial charge in [-0.25, -0.2) is 5.43 Å². The van der Waals surface area contributed by atoms with E-state index in [1.165, 1.54) is 6.21 Å². The first kappa shape index (κ1) is 22.2. The SMILES string of the molecule is O=C(CCn1c(-c2ccccc2)c(-c2ccccc2)c2ccccc21)N/N=C\c1ccccc1O. The molecule has 5 aromatic rings. The molecule has 0 fully saturated rings. The molecule has 0 bridgehead atoms. The maximum absolute atomic E-state index is 12.7. The Morgan fingerprint density at radius 1 is 0.800 bits per heavy atom. The van der Waals surface area contributed by atoms with Crippen molar-refractivity contribution in [2.24, 2.45) is 5.10 Å². The number of rotatable bonds is 7. The number of phenolic OH excluding ortho intramolecular Hbond substituents is 1. The van der Waals surface area contributed by atoms with Gasteiger partial charge in [0.15, 0.2) is 0 Å². The lowest BCUT2D eigenvalue weighted by Crippen LogP contribution is -2.19. The second-order valence-electron chi connectivity index (χ2n) is 8.23. The van der Waals surface area contributed by atoms with Crippen LogP contribution in [0.1, 0.15) is 12.0 Å². The van der Waals surface area contributed by atoms with Gasteiger partial charge in [-0.1, -0.05) is 91.0 Å². The van der Waals surface area contributed by atoms with Gasteiger partial charge in [0.25, 0.3) is 0 Å². The summed E-state index contributed by atoms with van der Waals surface area (Å²) < 4.78 is 2.22. The van der Waals surface area contributed by atoms with E-state index in [4.69, 9.17) is 0 Å². The maximum Gasteiger partial charge on any atom is 0.241 e. The largest absolute Gasteiger partial charge is 0.507 e. The lowest BCUT2D eigenvalue weighted by Gasteiger charge is -2.13. The summed E-state index contributed by atoms with van der Waals surface area (Å²) in [4.78, 5) is 12.7. The number of nitrogens with one attached hydrogen (secondary N) is 1. The first-order chi connectivity index (χ1) is 17.2. The van der Waals surface area contributed by atoms with Crippen LogP contribution in [0.3, 0.4) is 0 Å². The minimum Gasteiger partial charge on any atom is -0.507 e. The molecule has 5 nitrogen and oxygen atoms in total. The summed E-state index contributed by atoms with van der Waals surface area (Å²) >= 11 is 0. The predicted octanol–water partition coefficient (Wildman–Crippen LogP) is 6.22. The third-order valence-electron chi connectivity index (χ3n) is 5.97. The van der Waals surface area contributed by atoms with Crippen LogP contribution in [-0.4, -0.2) is 21.8 Å². The van der Waals surface area contributed by atoms with Crippen molar-refractivity contribution < 1.29 is 9.90 Å². The Bertz CT molecular complexity index is 1490. The van der Waals surface area contributed by atoms with E-state index in [-0.39, 0.29) is 18.1 Å². The lowest BCUT2D eigenvalue weighted by molar-refractivity contribution is -0.121. The number of fused-ring (bicyclic) bond motifs is 1. The number of hydrazone groups is 1. The van der Waals surface area contributed by atoms with Gasteiger partial charge in [0, 0.05) is 35.0 Å². The Kier molecular flexibility index (Phi) is 6.39. The van der Waals surface area contributed by atoms with Crippen LogP contribution in [0.5, 0.6) is 5.75 Å². The van der Waals surface area contributed by atoms with Gasteiger partial charge >= 0.3 is 0 Å². The number of aryl methyl sites for hydroxylation is 1. The molecular formula is C30H25N3O2. The number of aromatic hydroxyl groups is 1. The van der Waals surface area contributed by atoms with E-state index >= 15 is 0 Å². The van der Waals surface area contributed by atoms with Crippen molar-refractivity contribution in [1.82, 2.24) is 9.99 Å². The Balaban J connectivity index is 1.48. The molecule has 5 rings (SSSR count). The number of carbonyl (C=O) groups is 1. The van der Waals surface area contributed by atoms with Crippen LogP contribution in [0.4, 0.5) is 0 Å². The molecule has 35 heavy (non-hydrogen) atoms. The van der Waals surface area contributed by atoms with Gasteiger partial charge in [-0.3, -0.25) is 4.79 Å². The molecule has 0 aliphatic heterocycles. The number of hydrogen-bond donors (Lipinski definition) is 2. The average molecular weight is 460 g/mol. The summed E-state index contributed by atoms with van der Waals surface area (Å²) in [6.07, 6.45) is 1.70. The number of phenols is 1. The lowest BCUT2D eigenvalue weighted by atomic mass is 9.98. The van der Waals surface area contributed by atoms with E-state index in [0.717, 1.165) is 33.3 Å². The predicted molar refractivity (Wildman–Crippen MR) is 141 cm³/mol. The fourth-order valence-electron chi connectivity index (χ4n) is 4.37. The molecule has 2 N–H and O–H groups in total. The Morgan fingerprint density at radius 3 is 2.17 bits per heavy atom. The molecule has 0 saturated carbocycles. The number of nitrogens with zero attached hydrogens (tertiary/aromatic N) is 2. The summed E-state index contributed by atoms with van der Waals surface area (Å²) in [6.45, 7) is 0.496. The zero-order valence-electron chi connectivity index (χ0n) is 19.1. The Morgan fingerprint density at radius 2 is 1.43 bits per heavy atom. The monoisotopic (exact) mass is 459 g/mol. The highest BCUT2D eigenvalue weighted by molar-refractivity contribution is 6.04. The highest BCUT2D eigenvalue weighted by Crippen LogP contribution is 2.40. The minimum absolute atomic E-state index is 0.116. The average Bonchev–Trinajstić information content (AvgIpc) is 3.24. The minimum atomic E-state index is -0.199. The van der Waals surface area contributed by atoms with Gasteiger partial charge < -0.3 is 9.67 Å². The molecule has 1 aromatic heterocycles. The summed E-state index contributed by atoms with van der Waals surface area (Å²) in [7, 11) is 0. The molecule has 0 unspecified atom stereocenters. The van der Waals surface area contributed by atoms with Crippen molar-refractivity contribution in [3.05, 3.63) is 115 Å². The third-order valence-corrected chi connectivity index (χ3v) is 5.97. The third kappa shape index (κ3) is 4.70. The van der Waals surface area contributed by atoms with Gasteiger partial charge in [-0.2, -0.15) is 5.10 Å². The Labute approximate surface area is 204 Å². The molecule has 0 radical (unpaired) electrons. The van der Waals surface area contributed by atoms with Crippen LogP contribution in [0, 0.1) is 0 Å². The summed E-state index contributed by atoms with van der Waals surface area (Å²) in [5.74, 6) is -0.0834. The first-order valence-electron chi connectivity index (χ1n) is 11.5. The second-order valence-corrected chi connectivity index (χ2v) is 8.23. The molecular weight excluding hydrogens is 434 g/mol. The number of aromatic nitrogens is 1. The van der Waals surface area contributed by atoms with Crippen LogP contribution in [0.15, 0.2) is 114 Å². The standard InChI is InChI=1S/C30H25N3O2/c34-27-18-10-7-15-24(27)21-31-32-28(35)19-20-33-26-17-9-8-16-25(26)29(22-11-3-1-4-12-22)30(33)23-13-5-2-6-14-23/h1-18,21,34H,19-20H2,(H,32,35)/b31-21-. The van der Waals surface area contributed by atoms with E-state index in [9.17, 15) is 9.90 Å². The fourth-order valence-corrected chi connectivity index (χ4v) is 4.37. The van der Waals surface area contributed by atoms with Gasteiger partial charge in [0.05, 0.1) is 11.9 Å². The quantitative estimate of drug-likeness (QED) is 0.224. The van der Waals surface area contributed by atoms with E-state index in [2.05, 4.69) is 51.5 Å². The molecule has 0 saturated heterocycles. The zero-order valence-corrected chi connectivity index (χ0v) is 19.1. The van der Waals surface area contributed by atoms with E-state index in [0.29, 0.717) is 12.1 Å².